The third kappa shape index (κ3) is 3.75. The molecule has 1 aliphatic rings. The fourth-order valence-electron chi connectivity index (χ4n) is 3.27. The number of aromatic nitrogens is 1. The Morgan fingerprint density at radius 1 is 1.32 bits per heavy atom. The molecule has 1 aromatic heterocycles. The number of aliphatic hydroxyl groups is 1. The first-order chi connectivity index (χ1) is 11.9. The predicted octanol–water partition coefficient (Wildman–Crippen LogP) is 2.50. The molecule has 2 aromatic rings. The van der Waals surface area contributed by atoms with E-state index in [0.717, 1.165) is 11.4 Å². The molecular weight excluding hydrogens is 323 g/mol. The topological polar surface area (TPSA) is 63.5 Å². The van der Waals surface area contributed by atoms with Crippen molar-refractivity contribution in [2.75, 3.05) is 19.8 Å². The molecular formula is C19H23FN2O3. The van der Waals surface area contributed by atoms with Crippen LogP contribution in [0, 0.1) is 19.7 Å². The average molecular weight is 346 g/mol. The Hall–Kier alpha value is -2.18. The first-order valence-electron chi connectivity index (χ1n) is 8.43. The zero-order chi connectivity index (χ0) is 18.0. The molecule has 0 unspecified atom stereocenters. The van der Waals surface area contributed by atoms with E-state index >= 15 is 0 Å². The summed E-state index contributed by atoms with van der Waals surface area (Å²) in [7, 11) is 0. The Morgan fingerprint density at radius 2 is 2.04 bits per heavy atom. The summed E-state index contributed by atoms with van der Waals surface area (Å²) in [5, 5.41) is 13.3. The van der Waals surface area contributed by atoms with E-state index < -0.39 is 5.60 Å². The SMILES string of the molecule is Cc1cc(C(=O)NCC2(O)CCOCC2)c(C)n1-c1cccc(F)c1. The van der Waals surface area contributed by atoms with Crippen molar-refractivity contribution < 1.29 is 19.0 Å². The zero-order valence-electron chi connectivity index (χ0n) is 14.5. The highest BCUT2D eigenvalue weighted by molar-refractivity contribution is 5.96. The van der Waals surface area contributed by atoms with Crippen molar-refractivity contribution in [1.29, 1.82) is 0 Å². The number of hydrogen-bond acceptors (Lipinski definition) is 3. The number of hydrogen-bond donors (Lipinski definition) is 2. The lowest BCUT2D eigenvalue weighted by molar-refractivity contribution is -0.0605. The summed E-state index contributed by atoms with van der Waals surface area (Å²) in [6.45, 7) is 4.90. The molecule has 1 aromatic carbocycles. The number of benzene rings is 1. The lowest BCUT2D eigenvalue weighted by Gasteiger charge is -2.32. The van der Waals surface area contributed by atoms with Gasteiger partial charge in [0.1, 0.15) is 5.82 Å². The van der Waals surface area contributed by atoms with E-state index in [1.165, 1.54) is 12.1 Å². The summed E-state index contributed by atoms with van der Waals surface area (Å²) in [4.78, 5) is 12.6. The van der Waals surface area contributed by atoms with E-state index in [4.69, 9.17) is 4.74 Å². The predicted molar refractivity (Wildman–Crippen MR) is 92.5 cm³/mol. The third-order valence-corrected chi connectivity index (χ3v) is 4.74. The monoisotopic (exact) mass is 346 g/mol. The minimum Gasteiger partial charge on any atom is -0.388 e. The van der Waals surface area contributed by atoms with Crippen molar-refractivity contribution in [3.8, 4) is 5.69 Å². The molecule has 0 atom stereocenters. The van der Waals surface area contributed by atoms with Gasteiger partial charge < -0.3 is 19.7 Å². The lowest BCUT2D eigenvalue weighted by Crippen LogP contribution is -2.46. The summed E-state index contributed by atoms with van der Waals surface area (Å²) < 4.78 is 20.6. The van der Waals surface area contributed by atoms with Gasteiger partial charge in [-0.25, -0.2) is 4.39 Å². The van der Waals surface area contributed by atoms with Crippen molar-refractivity contribution in [3.05, 3.63) is 53.1 Å². The molecule has 0 bridgehead atoms. The fourth-order valence-corrected chi connectivity index (χ4v) is 3.27. The molecule has 2 N–H and O–H groups in total. The second kappa shape index (κ2) is 6.98. The van der Waals surface area contributed by atoms with Gasteiger partial charge in [0.2, 0.25) is 0 Å². The average Bonchev–Trinajstić information content (AvgIpc) is 2.88. The van der Waals surface area contributed by atoms with E-state index in [2.05, 4.69) is 5.32 Å². The maximum absolute atomic E-state index is 13.5. The van der Waals surface area contributed by atoms with Crippen LogP contribution in [0.4, 0.5) is 4.39 Å². The van der Waals surface area contributed by atoms with E-state index in [0.29, 0.717) is 37.3 Å². The zero-order valence-corrected chi connectivity index (χ0v) is 14.5. The molecule has 1 fully saturated rings. The van der Waals surface area contributed by atoms with Gasteiger partial charge in [0.05, 0.1) is 11.2 Å². The van der Waals surface area contributed by atoms with Crippen LogP contribution in [-0.4, -0.2) is 40.9 Å². The highest BCUT2D eigenvalue weighted by Crippen LogP contribution is 2.23. The molecule has 0 aliphatic carbocycles. The van der Waals surface area contributed by atoms with Crippen molar-refractivity contribution in [2.45, 2.75) is 32.3 Å². The third-order valence-electron chi connectivity index (χ3n) is 4.74. The second-order valence-corrected chi connectivity index (χ2v) is 6.62. The number of carbonyl (C=O) groups is 1. The van der Waals surface area contributed by atoms with Crippen LogP contribution in [0.15, 0.2) is 30.3 Å². The second-order valence-electron chi connectivity index (χ2n) is 6.62. The Morgan fingerprint density at radius 3 is 2.72 bits per heavy atom. The highest BCUT2D eigenvalue weighted by Gasteiger charge is 2.30. The van der Waals surface area contributed by atoms with E-state index in [-0.39, 0.29) is 18.3 Å². The van der Waals surface area contributed by atoms with Gasteiger partial charge in [-0.05, 0) is 38.1 Å². The molecule has 1 aliphatic heterocycles. The Bertz CT molecular complexity index is 779. The molecule has 6 heteroatoms. The summed E-state index contributed by atoms with van der Waals surface area (Å²) in [5.74, 6) is -0.562. The van der Waals surface area contributed by atoms with E-state index in [1.54, 1.807) is 18.2 Å². The summed E-state index contributed by atoms with van der Waals surface area (Å²) in [5.41, 5.74) is 1.87. The molecule has 1 saturated heterocycles. The van der Waals surface area contributed by atoms with Crippen molar-refractivity contribution in [2.24, 2.45) is 0 Å². The summed E-state index contributed by atoms with van der Waals surface area (Å²) in [6, 6.07) is 8.05. The van der Waals surface area contributed by atoms with E-state index in [1.807, 2.05) is 18.4 Å². The fraction of sp³-hybridized carbons (Fsp3) is 0.421. The van der Waals surface area contributed by atoms with Crippen LogP contribution in [-0.2, 0) is 4.74 Å². The normalized spacial score (nSPS) is 16.6. The van der Waals surface area contributed by atoms with Gasteiger partial charge in [0.25, 0.3) is 5.91 Å². The Balaban J connectivity index is 1.79. The van der Waals surface area contributed by atoms with Gasteiger partial charge in [0.15, 0.2) is 0 Å². The largest absolute Gasteiger partial charge is 0.388 e. The molecule has 0 spiro atoms. The summed E-state index contributed by atoms with van der Waals surface area (Å²) in [6.07, 6.45) is 1.02. The lowest BCUT2D eigenvalue weighted by atomic mass is 9.94. The number of nitrogens with zero attached hydrogens (tertiary/aromatic N) is 1. The molecule has 0 radical (unpaired) electrons. The molecule has 2 heterocycles. The number of amides is 1. The molecule has 1 amide bonds. The first kappa shape index (κ1) is 17.6. The quantitative estimate of drug-likeness (QED) is 0.894. The number of halogens is 1. The maximum Gasteiger partial charge on any atom is 0.253 e. The van der Waals surface area contributed by atoms with Crippen LogP contribution in [0.5, 0.6) is 0 Å². The van der Waals surface area contributed by atoms with Crippen LogP contribution in [0.1, 0.15) is 34.6 Å². The van der Waals surface area contributed by atoms with Gasteiger partial charge in [-0.1, -0.05) is 6.07 Å². The van der Waals surface area contributed by atoms with Crippen molar-refractivity contribution in [1.82, 2.24) is 9.88 Å². The standard InChI is InChI=1S/C19H23FN2O3/c1-13-10-17(14(2)22(13)16-5-3-4-15(20)11-16)18(23)21-12-19(24)6-8-25-9-7-19/h3-5,10-11,24H,6-9,12H2,1-2H3,(H,21,23). The number of aryl methyl sites for hydroxylation is 1. The van der Waals surface area contributed by atoms with Crippen LogP contribution >= 0.6 is 0 Å². The number of ether oxygens (including phenoxy) is 1. The number of nitrogens with one attached hydrogen (secondary N) is 1. The van der Waals surface area contributed by atoms with Crippen LogP contribution < -0.4 is 5.32 Å². The summed E-state index contributed by atoms with van der Waals surface area (Å²) >= 11 is 0. The smallest absolute Gasteiger partial charge is 0.253 e. The number of carbonyl (C=O) groups excluding carboxylic acids is 1. The number of rotatable bonds is 4. The first-order valence-corrected chi connectivity index (χ1v) is 8.43. The van der Waals surface area contributed by atoms with Crippen LogP contribution in [0.3, 0.4) is 0 Å². The maximum atomic E-state index is 13.5. The van der Waals surface area contributed by atoms with Gasteiger partial charge >= 0.3 is 0 Å². The van der Waals surface area contributed by atoms with Gasteiger partial charge in [-0.15, -0.1) is 0 Å². The van der Waals surface area contributed by atoms with E-state index in [9.17, 15) is 14.3 Å². The van der Waals surface area contributed by atoms with Crippen LogP contribution in [0.25, 0.3) is 5.69 Å². The van der Waals surface area contributed by atoms with Crippen molar-refractivity contribution in [3.63, 3.8) is 0 Å². The Kier molecular flexibility index (Phi) is 4.92. The molecule has 25 heavy (non-hydrogen) atoms. The Labute approximate surface area is 146 Å². The highest BCUT2D eigenvalue weighted by atomic mass is 19.1. The minimum atomic E-state index is -0.915. The van der Waals surface area contributed by atoms with Crippen molar-refractivity contribution >= 4 is 5.91 Å². The molecule has 134 valence electrons. The van der Waals surface area contributed by atoms with Gasteiger partial charge in [-0.2, -0.15) is 0 Å². The minimum absolute atomic E-state index is 0.193. The molecule has 0 saturated carbocycles. The van der Waals surface area contributed by atoms with Crippen LogP contribution in [0.2, 0.25) is 0 Å². The van der Waals surface area contributed by atoms with Gasteiger partial charge in [-0.3, -0.25) is 4.79 Å². The van der Waals surface area contributed by atoms with Gasteiger partial charge in [0, 0.05) is 49.7 Å². The molecule has 3 rings (SSSR count). The molecule has 5 nitrogen and oxygen atoms in total.